The van der Waals surface area contributed by atoms with Crippen LogP contribution in [0.3, 0.4) is 0 Å². The van der Waals surface area contributed by atoms with E-state index in [1.807, 2.05) is 6.92 Å². The number of hydrogen-bond donors (Lipinski definition) is 0. The summed E-state index contributed by atoms with van der Waals surface area (Å²) < 4.78 is 43.2. The van der Waals surface area contributed by atoms with E-state index >= 15 is 0 Å². The smallest absolute Gasteiger partial charge is 0.207 e. The van der Waals surface area contributed by atoms with Gasteiger partial charge in [-0.15, -0.1) is 0 Å². The lowest BCUT2D eigenvalue weighted by molar-refractivity contribution is 0.589. The van der Waals surface area contributed by atoms with Crippen molar-refractivity contribution in [1.82, 2.24) is 0 Å². The van der Waals surface area contributed by atoms with Crippen LogP contribution in [0.4, 0.5) is 4.39 Å². The van der Waals surface area contributed by atoms with Crippen molar-refractivity contribution in [3.63, 3.8) is 0 Å². The third-order valence-corrected chi connectivity index (χ3v) is 6.59. The Morgan fingerprint density at radius 1 is 1.04 bits per heavy atom. The summed E-state index contributed by atoms with van der Waals surface area (Å²) in [5.41, 5.74) is 3.09. The molecule has 24 heavy (non-hydrogen) atoms. The minimum Gasteiger partial charge on any atom is -0.207 e. The highest BCUT2D eigenvalue weighted by Crippen LogP contribution is 2.70. The quantitative estimate of drug-likeness (QED) is 0.825. The first-order valence-corrected chi connectivity index (χ1v) is 9.37. The third-order valence-electron chi connectivity index (χ3n) is 5.29. The van der Waals surface area contributed by atoms with Crippen LogP contribution in [0.5, 0.6) is 0 Å². The zero-order valence-corrected chi connectivity index (χ0v) is 14.6. The Morgan fingerprint density at radius 3 is 2.38 bits per heavy atom. The van der Waals surface area contributed by atoms with Gasteiger partial charge in [-0.2, -0.15) is 12.8 Å². The highest BCUT2D eigenvalue weighted by molar-refractivity contribution is 7.90. The maximum Gasteiger partial charge on any atom is 0.282 e. The van der Waals surface area contributed by atoms with Crippen LogP contribution in [0.2, 0.25) is 0 Å². The molecule has 0 bridgehead atoms. The first kappa shape index (κ1) is 15.5. The maximum absolute atomic E-state index is 13.7. The summed E-state index contributed by atoms with van der Waals surface area (Å²) >= 11 is 0. The molecule has 4 rings (SSSR count). The van der Waals surface area contributed by atoms with Crippen molar-refractivity contribution in [1.29, 1.82) is 0 Å². The van der Waals surface area contributed by atoms with E-state index in [9.17, 15) is 12.8 Å². The molecule has 2 aromatic carbocycles. The molecular weight excluding hydrogens is 325 g/mol. The molecule has 0 radical (unpaired) electrons. The van der Waals surface area contributed by atoms with Crippen LogP contribution < -0.4 is 0 Å². The van der Waals surface area contributed by atoms with Gasteiger partial charge in [-0.25, -0.2) is 4.39 Å². The second-order valence-corrected chi connectivity index (χ2v) is 8.88. The number of sulfonamides is 1. The van der Waals surface area contributed by atoms with Crippen LogP contribution in [0.25, 0.3) is 0 Å². The van der Waals surface area contributed by atoms with E-state index in [0.29, 0.717) is 11.3 Å². The Labute approximate surface area is 141 Å². The second-order valence-electron chi connectivity index (χ2n) is 7.27. The lowest BCUT2D eigenvalue weighted by atomic mass is 9.94. The largest absolute Gasteiger partial charge is 0.282 e. The van der Waals surface area contributed by atoms with Crippen molar-refractivity contribution < 1.29 is 12.8 Å². The number of nitrogens with zero attached hydrogens (tertiary/aromatic N) is 1. The predicted octanol–water partition coefficient (Wildman–Crippen LogP) is 4.07. The minimum absolute atomic E-state index is 0.0353. The minimum atomic E-state index is -3.81. The van der Waals surface area contributed by atoms with Gasteiger partial charge in [0.15, 0.2) is 0 Å². The molecule has 0 heterocycles. The molecule has 2 atom stereocenters. The molecule has 1 fully saturated rings. The van der Waals surface area contributed by atoms with E-state index in [4.69, 9.17) is 0 Å². The fourth-order valence-electron chi connectivity index (χ4n) is 3.92. The highest BCUT2D eigenvalue weighted by Gasteiger charge is 2.65. The molecule has 0 aromatic heterocycles. The number of rotatable bonds is 2. The Balaban J connectivity index is 1.85. The molecule has 2 aliphatic rings. The van der Waals surface area contributed by atoms with Gasteiger partial charge in [-0.3, -0.25) is 0 Å². The predicted molar refractivity (Wildman–Crippen MR) is 91.3 cm³/mol. The summed E-state index contributed by atoms with van der Waals surface area (Å²) in [6.45, 7) is 6.10. The molecule has 0 unspecified atom stereocenters. The maximum atomic E-state index is 13.7. The van der Waals surface area contributed by atoms with Crippen molar-refractivity contribution in [3.05, 3.63) is 65.0 Å². The first-order valence-electron chi connectivity index (χ1n) is 7.93. The van der Waals surface area contributed by atoms with Crippen molar-refractivity contribution in [2.75, 3.05) is 0 Å². The fraction of sp³-hybridized carbons (Fsp3) is 0.316. The lowest BCUT2D eigenvalue weighted by Crippen LogP contribution is -2.12. The van der Waals surface area contributed by atoms with Crippen molar-refractivity contribution in [2.24, 2.45) is 15.7 Å². The second kappa shape index (κ2) is 4.76. The molecule has 2 aromatic rings. The van der Waals surface area contributed by atoms with Crippen LogP contribution >= 0.6 is 0 Å². The number of aryl methyl sites for hydroxylation is 1. The Bertz CT molecular complexity index is 975. The number of fused-ring (bicyclic) bond motifs is 3. The molecule has 1 saturated carbocycles. The highest BCUT2D eigenvalue weighted by atomic mass is 32.2. The van der Waals surface area contributed by atoms with Crippen LogP contribution in [0, 0.1) is 24.1 Å². The molecule has 0 aliphatic heterocycles. The van der Waals surface area contributed by atoms with E-state index in [1.165, 1.54) is 12.1 Å². The van der Waals surface area contributed by atoms with Crippen LogP contribution in [-0.2, 0) is 10.0 Å². The van der Waals surface area contributed by atoms with Gasteiger partial charge in [0.1, 0.15) is 5.82 Å². The molecule has 0 amide bonds. The standard InChI is InChI=1S/C19H18FNO2S/c1-11-4-7-13(8-5-11)24(22,23)21-18-15-10-12(20)6-9-14(15)16-17(18)19(16,2)3/h4-10,16-17H,1-3H3/b21-18+/t16-,17-/m0/s1. The molecule has 0 spiro atoms. The molecule has 124 valence electrons. The summed E-state index contributed by atoms with van der Waals surface area (Å²) in [4.78, 5) is 0.167. The molecule has 0 saturated heterocycles. The van der Waals surface area contributed by atoms with Gasteiger partial charge in [0.2, 0.25) is 0 Å². The zero-order valence-electron chi connectivity index (χ0n) is 13.7. The van der Waals surface area contributed by atoms with E-state index < -0.39 is 10.0 Å². The number of hydrogen-bond acceptors (Lipinski definition) is 2. The zero-order chi connectivity index (χ0) is 17.3. The lowest BCUT2D eigenvalue weighted by Gasteiger charge is -2.13. The van der Waals surface area contributed by atoms with Gasteiger partial charge >= 0.3 is 0 Å². The molecule has 2 aliphatic carbocycles. The van der Waals surface area contributed by atoms with Gasteiger partial charge in [0.05, 0.1) is 10.6 Å². The average Bonchev–Trinajstić information content (AvgIpc) is 2.91. The molecular formula is C19H18FNO2S. The van der Waals surface area contributed by atoms with Gasteiger partial charge in [0, 0.05) is 11.5 Å². The number of benzene rings is 2. The van der Waals surface area contributed by atoms with E-state index in [2.05, 4.69) is 18.2 Å². The van der Waals surface area contributed by atoms with Gasteiger partial charge in [-0.1, -0.05) is 37.6 Å². The summed E-state index contributed by atoms with van der Waals surface area (Å²) in [5, 5.41) is 0. The Hall–Kier alpha value is -2.01. The SMILES string of the molecule is Cc1ccc(S(=O)(=O)/N=C2\c3cc(F)ccc3[C@H]3[C@@H]2C3(C)C)cc1. The third kappa shape index (κ3) is 2.14. The normalized spacial score (nSPS) is 25.4. The van der Waals surface area contributed by atoms with Crippen molar-refractivity contribution in [2.45, 2.75) is 31.6 Å². The van der Waals surface area contributed by atoms with Gasteiger partial charge in [0.25, 0.3) is 10.0 Å². The van der Waals surface area contributed by atoms with Gasteiger partial charge < -0.3 is 0 Å². The first-order chi connectivity index (χ1) is 11.2. The van der Waals surface area contributed by atoms with E-state index in [-0.39, 0.29) is 28.0 Å². The van der Waals surface area contributed by atoms with Crippen LogP contribution in [0.15, 0.2) is 51.8 Å². The van der Waals surface area contributed by atoms with Gasteiger partial charge in [-0.05, 0) is 48.1 Å². The summed E-state index contributed by atoms with van der Waals surface area (Å²) in [6, 6.07) is 11.2. The van der Waals surface area contributed by atoms with E-state index in [1.54, 1.807) is 30.3 Å². The topological polar surface area (TPSA) is 46.5 Å². The van der Waals surface area contributed by atoms with E-state index in [0.717, 1.165) is 11.1 Å². The summed E-state index contributed by atoms with van der Waals surface area (Å²) in [5.74, 6) is -0.108. The summed E-state index contributed by atoms with van der Waals surface area (Å²) in [6.07, 6.45) is 0. The average molecular weight is 343 g/mol. The molecule has 0 N–H and O–H groups in total. The Kier molecular flexibility index (Phi) is 3.08. The summed E-state index contributed by atoms with van der Waals surface area (Å²) in [7, 11) is -3.81. The molecule has 3 nitrogen and oxygen atoms in total. The monoisotopic (exact) mass is 343 g/mol. The Morgan fingerprint density at radius 2 is 1.71 bits per heavy atom. The fourth-order valence-corrected chi connectivity index (χ4v) is 4.97. The van der Waals surface area contributed by atoms with Crippen LogP contribution in [-0.4, -0.2) is 14.1 Å². The van der Waals surface area contributed by atoms with Crippen molar-refractivity contribution >= 4 is 15.7 Å². The number of halogens is 1. The molecule has 5 heteroatoms. The van der Waals surface area contributed by atoms with Crippen LogP contribution in [0.1, 0.15) is 36.5 Å². The van der Waals surface area contributed by atoms with Crippen molar-refractivity contribution in [3.8, 4) is 0 Å².